The van der Waals surface area contributed by atoms with Crippen LogP contribution in [0, 0.1) is 19.3 Å². The molecule has 38 heavy (non-hydrogen) atoms. The Balaban J connectivity index is 0. The van der Waals surface area contributed by atoms with Crippen LogP contribution >= 0.6 is 0 Å². The normalized spacial score (nSPS) is 8.61. The fourth-order valence-corrected chi connectivity index (χ4v) is 2.61. The van der Waals surface area contributed by atoms with Crippen LogP contribution in [0.2, 0.25) is 0 Å². The molecule has 0 fully saturated rings. The number of Topliss-reactive ketones (excluding diaryl/α,β-unsaturated/α-hetero) is 6. The molecule has 0 saturated carbocycles. The van der Waals surface area contributed by atoms with Gasteiger partial charge in [0.15, 0.2) is 0 Å². The summed E-state index contributed by atoms with van der Waals surface area (Å²) in [7, 11) is 0. The van der Waals surface area contributed by atoms with Gasteiger partial charge in [0.05, 0.1) is 17.3 Å². The van der Waals surface area contributed by atoms with Crippen LogP contribution in [0.4, 0.5) is 0 Å². The Hall–Kier alpha value is -2.57. The number of rotatable bonds is 9. The Kier molecular flexibility index (Phi) is 21.1. The van der Waals surface area contributed by atoms with Crippen LogP contribution in [-0.2, 0) is 31.2 Å². The smallest absolute Gasteiger partial charge is 0.331 e. The van der Waals surface area contributed by atoms with Gasteiger partial charge in [0.1, 0.15) is 0 Å². The van der Waals surface area contributed by atoms with E-state index in [9.17, 15) is 28.8 Å². The van der Waals surface area contributed by atoms with Crippen molar-refractivity contribution in [3.05, 3.63) is 127 Å². The van der Waals surface area contributed by atoms with E-state index >= 15 is 0 Å². The Bertz CT molecular complexity index is 1030. The maximum atomic E-state index is 11.2. The van der Waals surface area contributed by atoms with E-state index in [1.807, 2.05) is 18.2 Å². The molecule has 6 nitrogen and oxygen atoms in total. The molecule has 3 rings (SSSR count). The Labute approximate surface area is 276 Å². The number of hydrogen-bond acceptors (Lipinski definition) is 6. The van der Waals surface area contributed by atoms with Crippen molar-refractivity contribution in [1.82, 2.24) is 0 Å². The van der Waals surface area contributed by atoms with Gasteiger partial charge in [0.25, 0.3) is 0 Å². The summed E-state index contributed by atoms with van der Waals surface area (Å²) >= 11 is 0. The molecular weight excluding hydrogens is 554 g/mol. The third-order valence-electron chi connectivity index (χ3n) is 4.18. The monoisotopic (exact) mass is 581 g/mol. The molecule has 193 valence electrons. The van der Waals surface area contributed by atoms with Gasteiger partial charge in [-0.3, -0.25) is 0 Å². The zero-order chi connectivity index (χ0) is 26.9. The molecule has 3 aromatic carbocycles. The first-order valence-electron chi connectivity index (χ1n) is 10.9. The molecule has 0 aliphatic heterocycles. The van der Waals surface area contributed by atoms with Gasteiger partial charge in [0.2, 0.25) is 0 Å². The van der Waals surface area contributed by atoms with Gasteiger partial charge in [0, 0.05) is 17.3 Å². The van der Waals surface area contributed by atoms with Crippen LogP contribution in [0.1, 0.15) is 51.8 Å². The molecule has 0 spiro atoms. The molecule has 0 bridgehead atoms. The van der Waals surface area contributed by atoms with Gasteiger partial charge in [-0.25, -0.2) is 0 Å². The van der Waals surface area contributed by atoms with E-state index in [1.54, 1.807) is 72.8 Å². The zero-order valence-electron chi connectivity index (χ0n) is 21.7. The summed E-state index contributed by atoms with van der Waals surface area (Å²) in [6.45, 7) is 4.09. The molecule has 0 aromatic heterocycles. The predicted molar refractivity (Wildman–Crippen MR) is 137 cm³/mol. The molecule has 0 unspecified atom stereocenters. The SMILES string of the molecule is CC(=O)[CH-]C(=O)c1ccccc1.CC(=O)[CH-]C(=O)c1ccccc1.CC(=O)[CH-]C(=O)c1ccccc1.[Co+2].[K+]. The quantitative estimate of drug-likeness (QED) is 0.166. The Morgan fingerprint density at radius 2 is 0.605 bits per heavy atom. The summed E-state index contributed by atoms with van der Waals surface area (Å²) in [5.74, 6) is -1.36. The van der Waals surface area contributed by atoms with Crippen LogP contribution in [0.25, 0.3) is 0 Å². The molecule has 0 heterocycles. The van der Waals surface area contributed by atoms with Crippen molar-refractivity contribution in [2.24, 2.45) is 0 Å². The van der Waals surface area contributed by atoms with Crippen molar-refractivity contribution < 1.29 is 96.9 Å². The third kappa shape index (κ3) is 17.0. The first kappa shape index (κ1) is 37.6. The molecule has 3 aromatic rings. The van der Waals surface area contributed by atoms with Gasteiger partial charge in [-0.2, -0.15) is 0 Å². The second-order valence-electron chi connectivity index (χ2n) is 7.46. The van der Waals surface area contributed by atoms with Gasteiger partial charge in [-0.1, -0.05) is 54.6 Å². The molecule has 8 heteroatoms. The molecule has 0 atom stereocenters. The fourth-order valence-electron chi connectivity index (χ4n) is 2.61. The number of carbonyl (C=O) groups is 6. The first-order chi connectivity index (χ1) is 17.1. The van der Waals surface area contributed by atoms with Crippen molar-refractivity contribution >= 4 is 34.7 Å². The van der Waals surface area contributed by atoms with Crippen molar-refractivity contribution in [1.29, 1.82) is 0 Å². The summed E-state index contributed by atoms with van der Waals surface area (Å²) in [4.78, 5) is 65.2. The predicted octanol–water partition coefficient (Wildman–Crippen LogP) is 1.99. The number of ketones is 6. The standard InChI is InChI=1S/3C10H9O2.Co.K/c3*1-8(11)7-10(12)9-5-3-2-4-6-9;;/h3*2-7H,1H3;;/q3*-1;+2;+1. The molecule has 0 amide bonds. The van der Waals surface area contributed by atoms with Crippen LogP contribution in [0.5, 0.6) is 0 Å². The van der Waals surface area contributed by atoms with Crippen molar-refractivity contribution in [2.75, 3.05) is 0 Å². The topological polar surface area (TPSA) is 102 Å². The second-order valence-corrected chi connectivity index (χ2v) is 7.46. The maximum Gasteiger partial charge on any atom is 2.00 e. The average molecular weight is 582 g/mol. The van der Waals surface area contributed by atoms with E-state index < -0.39 is 0 Å². The van der Waals surface area contributed by atoms with Gasteiger partial charge < -0.3 is 28.8 Å². The molecule has 0 aliphatic rings. The largest absolute Gasteiger partial charge is 2.00 e. The average Bonchev–Trinajstić information content (AvgIpc) is 2.85. The fraction of sp³-hybridized carbons (Fsp3) is 0.100. The summed E-state index contributed by atoms with van der Waals surface area (Å²) in [6, 6.07) is 26.2. The maximum absolute atomic E-state index is 11.2. The number of carbonyl (C=O) groups excluding carboxylic acids is 6. The van der Waals surface area contributed by atoms with Crippen LogP contribution in [-0.4, -0.2) is 34.7 Å². The minimum atomic E-state index is -0.233. The summed E-state index contributed by atoms with van der Waals surface area (Å²) in [5.41, 5.74) is 1.65. The summed E-state index contributed by atoms with van der Waals surface area (Å²) in [5, 5.41) is 0. The minimum Gasteiger partial charge on any atom is -0.331 e. The summed E-state index contributed by atoms with van der Waals surface area (Å²) < 4.78 is 0. The molecular formula is C30H27CoKO6. The van der Waals surface area contributed by atoms with E-state index in [1.165, 1.54) is 20.8 Å². The summed E-state index contributed by atoms with van der Waals surface area (Å²) in [6.07, 6.45) is 3.28. The van der Waals surface area contributed by atoms with Crippen LogP contribution in [0.3, 0.4) is 0 Å². The Morgan fingerprint density at radius 1 is 0.421 bits per heavy atom. The van der Waals surface area contributed by atoms with E-state index in [2.05, 4.69) is 0 Å². The molecule has 0 saturated heterocycles. The number of benzene rings is 3. The van der Waals surface area contributed by atoms with Crippen molar-refractivity contribution in [2.45, 2.75) is 20.8 Å². The van der Waals surface area contributed by atoms with Gasteiger partial charge >= 0.3 is 68.2 Å². The van der Waals surface area contributed by atoms with Crippen molar-refractivity contribution in [3.8, 4) is 0 Å². The van der Waals surface area contributed by atoms with Crippen molar-refractivity contribution in [3.63, 3.8) is 0 Å². The van der Waals surface area contributed by atoms with Gasteiger partial charge in [-0.05, 0) is 20.8 Å². The minimum absolute atomic E-state index is 0. The van der Waals surface area contributed by atoms with Crippen LogP contribution < -0.4 is 51.4 Å². The molecule has 1 radical (unpaired) electrons. The second kappa shape index (κ2) is 21.4. The van der Waals surface area contributed by atoms with E-state index in [0.29, 0.717) is 16.7 Å². The van der Waals surface area contributed by atoms with Crippen LogP contribution in [0.15, 0.2) is 91.0 Å². The zero-order valence-corrected chi connectivity index (χ0v) is 25.8. The van der Waals surface area contributed by atoms with E-state index in [4.69, 9.17) is 0 Å². The van der Waals surface area contributed by atoms with Gasteiger partial charge in [-0.15, -0.1) is 72.4 Å². The third-order valence-corrected chi connectivity index (χ3v) is 4.18. The molecule has 0 aliphatic carbocycles. The van der Waals surface area contributed by atoms with E-state index in [0.717, 1.165) is 19.3 Å². The first-order valence-corrected chi connectivity index (χ1v) is 10.9. The Morgan fingerprint density at radius 3 is 0.763 bits per heavy atom. The van der Waals surface area contributed by atoms with E-state index in [-0.39, 0.29) is 103 Å². The molecule has 0 N–H and O–H groups in total. The number of hydrogen-bond donors (Lipinski definition) is 0.